The Kier molecular flexibility index (Phi) is 3.78. The van der Waals surface area contributed by atoms with Crippen molar-refractivity contribution < 1.29 is 13.2 Å². The minimum absolute atomic E-state index is 0.0584. The third-order valence-electron chi connectivity index (χ3n) is 2.91. The highest BCUT2D eigenvalue weighted by molar-refractivity contribution is 5.17. The van der Waals surface area contributed by atoms with Crippen molar-refractivity contribution in [1.82, 2.24) is 10.2 Å². The first kappa shape index (κ1) is 12.5. The van der Waals surface area contributed by atoms with Crippen LogP contribution in [0.5, 0.6) is 0 Å². The van der Waals surface area contributed by atoms with E-state index in [1.54, 1.807) is 7.05 Å². The molecular formula is C10H17F3N2. The van der Waals surface area contributed by atoms with Gasteiger partial charge < -0.3 is 10.2 Å². The zero-order valence-electron chi connectivity index (χ0n) is 9.23. The van der Waals surface area contributed by atoms with E-state index < -0.39 is 11.7 Å². The third-order valence-corrected chi connectivity index (χ3v) is 2.91. The molecule has 1 aliphatic rings. The second kappa shape index (κ2) is 4.53. The minimum Gasteiger partial charge on any atom is -0.315 e. The molecule has 0 bridgehead atoms. The first-order valence-electron chi connectivity index (χ1n) is 4.96. The van der Waals surface area contributed by atoms with Crippen molar-refractivity contribution in [2.24, 2.45) is 0 Å². The lowest BCUT2D eigenvalue weighted by Gasteiger charge is -2.35. The van der Waals surface area contributed by atoms with Gasteiger partial charge in [-0.3, -0.25) is 0 Å². The number of halogens is 3. The van der Waals surface area contributed by atoms with Gasteiger partial charge in [0.25, 0.3) is 0 Å². The maximum Gasteiger partial charge on any atom is 0.412 e. The maximum atomic E-state index is 12.5. The van der Waals surface area contributed by atoms with Gasteiger partial charge in [-0.15, -0.1) is 0 Å². The SMILES string of the molecule is CN[C@@H]1CC(C(F)(F)F)=CC[C@H]1N(C)C. The van der Waals surface area contributed by atoms with Crippen LogP contribution in [0, 0.1) is 0 Å². The number of hydrogen-bond acceptors (Lipinski definition) is 2. The Morgan fingerprint density at radius 3 is 2.40 bits per heavy atom. The van der Waals surface area contributed by atoms with Crippen molar-refractivity contribution in [3.63, 3.8) is 0 Å². The lowest BCUT2D eigenvalue weighted by molar-refractivity contribution is -0.0967. The molecule has 0 radical (unpaired) electrons. The summed E-state index contributed by atoms with van der Waals surface area (Å²) in [5.41, 5.74) is -0.403. The summed E-state index contributed by atoms with van der Waals surface area (Å²) in [7, 11) is 5.49. The fraction of sp³-hybridized carbons (Fsp3) is 0.800. The zero-order valence-corrected chi connectivity index (χ0v) is 9.23. The van der Waals surface area contributed by atoms with Crippen LogP contribution >= 0.6 is 0 Å². The summed E-state index contributed by atoms with van der Waals surface area (Å²) in [5.74, 6) is 0. The van der Waals surface area contributed by atoms with E-state index in [4.69, 9.17) is 0 Å². The van der Waals surface area contributed by atoms with Gasteiger partial charge in [0.05, 0.1) is 0 Å². The summed E-state index contributed by atoms with van der Waals surface area (Å²) < 4.78 is 37.4. The molecule has 0 heterocycles. The molecule has 0 aliphatic heterocycles. The molecule has 0 fully saturated rings. The van der Waals surface area contributed by atoms with Gasteiger partial charge in [0.15, 0.2) is 0 Å². The molecule has 0 aromatic heterocycles. The molecule has 88 valence electrons. The van der Waals surface area contributed by atoms with Crippen molar-refractivity contribution in [3.05, 3.63) is 11.6 Å². The largest absolute Gasteiger partial charge is 0.412 e. The lowest BCUT2D eigenvalue weighted by atomic mass is 9.89. The average molecular weight is 222 g/mol. The summed E-state index contributed by atoms with van der Waals surface area (Å²) in [6, 6.07) is 0.0164. The molecule has 0 saturated carbocycles. The van der Waals surface area contributed by atoms with Gasteiger partial charge in [-0.1, -0.05) is 6.08 Å². The fourth-order valence-electron chi connectivity index (χ4n) is 1.98. The predicted molar refractivity (Wildman–Crippen MR) is 53.7 cm³/mol. The standard InChI is InChI=1S/C10H17F3N2/c1-14-8-6-7(10(11,12)13)4-5-9(8)15(2)3/h4,8-9,14H,5-6H2,1-3H3/t8-,9-/m1/s1. The average Bonchev–Trinajstić information content (AvgIpc) is 2.15. The fourth-order valence-corrected chi connectivity index (χ4v) is 1.98. The predicted octanol–water partition coefficient (Wildman–Crippen LogP) is 1.79. The van der Waals surface area contributed by atoms with E-state index in [0.717, 1.165) is 0 Å². The second-order valence-corrected chi connectivity index (χ2v) is 4.09. The van der Waals surface area contributed by atoms with Crippen molar-refractivity contribution in [1.29, 1.82) is 0 Å². The summed E-state index contributed by atoms with van der Waals surface area (Å²) in [5, 5.41) is 2.95. The van der Waals surface area contributed by atoms with E-state index in [1.165, 1.54) is 6.08 Å². The van der Waals surface area contributed by atoms with Crippen LogP contribution in [0.25, 0.3) is 0 Å². The van der Waals surface area contributed by atoms with E-state index in [-0.39, 0.29) is 18.5 Å². The number of nitrogens with one attached hydrogen (secondary N) is 1. The molecule has 0 spiro atoms. The van der Waals surface area contributed by atoms with Crippen molar-refractivity contribution in [2.75, 3.05) is 21.1 Å². The number of rotatable bonds is 2. The van der Waals surface area contributed by atoms with Gasteiger partial charge in [-0.25, -0.2) is 0 Å². The number of likely N-dealkylation sites (N-methyl/N-ethyl adjacent to an activating group) is 2. The minimum atomic E-state index is -4.17. The molecule has 0 amide bonds. The van der Waals surface area contributed by atoms with Gasteiger partial charge in [-0.05, 0) is 34.0 Å². The number of alkyl halides is 3. The number of nitrogens with zero attached hydrogens (tertiary/aromatic N) is 1. The van der Waals surface area contributed by atoms with Crippen LogP contribution in [-0.4, -0.2) is 44.3 Å². The number of hydrogen-bond donors (Lipinski definition) is 1. The van der Waals surface area contributed by atoms with Gasteiger partial charge in [0, 0.05) is 17.7 Å². The molecule has 1 rings (SSSR count). The molecule has 15 heavy (non-hydrogen) atoms. The topological polar surface area (TPSA) is 15.3 Å². The van der Waals surface area contributed by atoms with Crippen molar-refractivity contribution in [2.45, 2.75) is 31.1 Å². The Hall–Kier alpha value is -0.550. The summed E-state index contributed by atoms with van der Waals surface area (Å²) in [4.78, 5) is 1.96. The van der Waals surface area contributed by atoms with E-state index in [2.05, 4.69) is 5.32 Å². The van der Waals surface area contributed by atoms with Crippen LogP contribution in [-0.2, 0) is 0 Å². The monoisotopic (exact) mass is 222 g/mol. The highest BCUT2D eigenvalue weighted by Crippen LogP contribution is 2.34. The van der Waals surface area contributed by atoms with Crippen LogP contribution in [0.3, 0.4) is 0 Å². The summed E-state index contributed by atoms with van der Waals surface area (Å²) >= 11 is 0. The van der Waals surface area contributed by atoms with Gasteiger partial charge in [0.1, 0.15) is 0 Å². The maximum absolute atomic E-state index is 12.5. The quantitative estimate of drug-likeness (QED) is 0.716. The van der Waals surface area contributed by atoms with Crippen LogP contribution in [0.15, 0.2) is 11.6 Å². The molecule has 5 heteroatoms. The van der Waals surface area contributed by atoms with Gasteiger partial charge >= 0.3 is 6.18 Å². The molecule has 2 nitrogen and oxygen atoms in total. The molecule has 0 aromatic rings. The Morgan fingerprint density at radius 1 is 1.40 bits per heavy atom. The van der Waals surface area contributed by atoms with E-state index in [0.29, 0.717) is 6.42 Å². The van der Waals surface area contributed by atoms with E-state index >= 15 is 0 Å². The summed E-state index contributed by atoms with van der Waals surface area (Å²) in [6.07, 6.45) is -2.35. The molecular weight excluding hydrogens is 205 g/mol. The van der Waals surface area contributed by atoms with Crippen LogP contribution < -0.4 is 5.32 Å². The van der Waals surface area contributed by atoms with E-state index in [9.17, 15) is 13.2 Å². The second-order valence-electron chi connectivity index (χ2n) is 4.09. The molecule has 2 atom stereocenters. The smallest absolute Gasteiger partial charge is 0.315 e. The zero-order chi connectivity index (χ0) is 11.6. The normalized spacial score (nSPS) is 28.1. The van der Waals surface area contributed by atoms with Gasteiger partial charge in [0.2, 0.25) is 0 Å². The Morgan fingerprint density at radius 2 is 2.00 bits per heavy atom. The van der Waals surface area contributed by atoms with E-state index in [1.807, 2.05) is 19.0 Å². The van der Waals surface area contributed by atoms with Crippen molar-refractivity contribution in [3.8, 4) is 0 Å². The first-order chi connectivity index (χ1) is 6.86. The van der Waals surface area contributed by atoms with Crippen LogP contribution in [0.2, 0.25) is 0 Å². The van der Waals surface area contributed by atoms with Crippen LogP contribution in [0.1, 0.15) is 12.8 Å². The third kappa shape index (κ3) is 2.95. The molecule has 0 aromatic carbocycles. The molecule has 1 N–H and O–H groups in total. The first-order valence-corrected chi connectivity index (χ1v) is 4.96. The van der Waals surface area contributed by atoms with Gasteiger partial charge in [-0.2, -0.15) is 13.2 Å². The highest BCUT2D eigenvalue weighted by atomic mass is 19.4. The molecule has 1 aliphatic carbocycles. The summed E-state index contributed by atoms with van der Waals surface area (Å²) in [6.45, 7) is 0. The van der Waals surface area contributed by atoms with Crippen LogP contribution in [0.4, 0.5) is 13.2 Å². The molecule has 0 saturated heterocycles. The Balaban J connectivity index is 2.78. The lowest BCUT2D eigenvalue weighted by Crippen LogP contribution is -2.48. The van der Waals surface area contributed by atoms with Crippen molar-refractivity contribution >= 4 is 0 Å². The Bertz CT molecular complexity index is 246. The highest BCUT2D eigenvalue weighted by Gasteiger charge is 2.38. The Labute approximate surface area is 88.1 Å². The molecule has 0 unspecified atom stereocenters.